The Morgan fingerprint density at radius 2 is 1.91 bits per heavy atom. The standard InChI is InChI=1S/C15H15FN4OS/c1-9-13(8-22-15-18-17-10(2)20(15)3)19-21-14(9)11-4-6-12(16)7-5-11/h4-7H,8H2,1-3H3. The van der Waals surface area contributed by atoms with Crippen molar-refractivity contribution in [3.05, 3.63) is 47.2 Å². The molecule has 0 radical (unpaired) electrons. The molecule has 0 aliphatic rings. The normalized spacial score (nSPS) is 11.1. The maximum absolute atomic E-state index is 13.0. The summed E-state index contributed by atoms with van der Waals surface area (Å²) in [7, 11) is 1.93. The third-order valence-electron chi connectivity index (χ3n) is 3.52. The number of benzene rings is 1. The second-order valence-corrected chi connectivity index (χ2v) is 5.91. The van der Waals surface area contributed by atoms with E-state index in [4.69, 9.17) is 4.52 Å². The van der Waals surface area contributed by atoms with E-state index in [0.717, 1.165) is 27.8 Å². The third kappa shape index (κ3) is 2.76. The number of hydrogen-bond donors (Lipinski definition) is 0. The summed E-state index contributed by atoms with van der Waals surface area (Å²) in [5.41, 5.74) is 2.63. The summed E-state index contributed by atoms with van der Waals surface area (Å²) >= 11 is 1.55. The average molecular weight is 318 g/mol. The van der Waals surface area contributed by atoms with Crippen LogP contribution in [0.1, 0.15) is 17.1 Å². The van der Waals surface area contributed by atoms with Crippen molar-refractivity contribution in [3.8, 4) is 11.3 Å². The Bertz CT molecular complexity index is 794. The van der Waals surface area contributed by atoms with Gasteiger partial charge < -0.3 is 9.09 Å². The SMILES string of the molecule is Cc1c(CSc2nnc(C)n2C)noc1-c1ccc(F)cc1. The van der Waals surface area contributed by atoms with Gasteiger partial charge in [0.1, 0.15) is 11.6 Å². The number of rotatable bonds is 4. The minimum atomic E-state index is -0.269. The van der Waals surface area contributed by atoms with E-state index < -0.39 is 0 Å². The zero-order chi connectivity index (χ0) is 15.7. The molecule has 7 heteroatoms. The molecule has 2 aromatic heterocycles. The lowest BCUT2D eigenvalue weighted by Gasteiger charge is -2.00. The summed E-state index contributed by atoms with van der Waals surface area (Å²) in [6.45, 7) is 3.86. The topological polar surface area (TPSA) is 56.7 Å². The highest BCUT2D eigenvalue weighted by Crippen LogP contribution is 2.29. The van der Waals surface area contributed by atoms with Crippen LogP contribution in [0.2, 0.25) is 0 Å². The quantitative estimate of drug-likeness (QED) is 0.689. The predicted molar refractivity (Wildman–Crippen MR) is 81.9 cm³/mol. The van der Waals surface area contributed by atoms with Gasteiger partial charge in [0.05, 0.1) is 5.69 Å². The zero-order valence-corrected chi connectivity index (χ0v) is 13.3. The minimum Gasteiger partial charge on any atom is -0.356 e. The number of nitrogens with zero attached hydrogens (tertiary/aromatic N) is 4. The molecule has 0 saturated heterocycles. The maximum atomic E-state index is 13.0. The van der Waals surface area contributed by atoms with E-state index in [1.807, 2.05) is 25.5 Å². The van der Waals surface area contributed by atoms with Crippen LogP contribution in [-0.4, -0.2) is 19.9 Å². The van der Waals surface area contributed by atoms with Crippen LogP contribution in [0.5, 0.6) is 0 Å². The molecule has 114 valence electrons. The van der Waals surface area contributed by atoms with Crippen molar-refractivity contribution in [2.24, 2.45) is 7.05 Å². The van der Waals surface area contributed by atoms with Crippen LogP contribution in [0, 0.1) is 19.7 Å². The van der Waals surface area contributed by atoms with Crippen molar-refractivity contribution >= 4 is 11.8 Å². The predicted octanol–water partition coefficient (Wildman–Crippen LogP) is 3.52. The van der Waals surface area contributed by atoms with Crippen LogP contribution in [-0.2, 0) is 12.8 Å². The van der Waals surface area contributed by atoms with Crippen LogP contribution >= 0.6 is 11.8 Å². The number of halogens is 1. The molecule has 2 heterocycles. The van der Waals surface area contributed by atoms with Gasteiger partial charge in [0, 0.05) is 23.9 Å². The maximum Gasteiger partial charge on any atom is 0.191 e. The molecule has 0 unspecified atom stereocenters. The van der Waals surface area contributed by atoms with Crippen LogP contribution in [0.3, 0.4) is 0 Å². The van der Waals surface area contributed by atoms with E-state index in [2.05, 4.69) is 15.4 Å². The Kier molecular flexibility index (Phi) is 3.98. The van der Waals surface area contributed by atoms with Crippen molar-refractivity contribution in [1.82, 2.24) is 19.9 Å². The van der Waals surface area contributed by atoms with Gasteiger partial charge in [0.15, 0.2) is 10.9 Å². The van der Waals surface area contributed by atoms with E-state index in [0.29, 0.717) is 11.5 Å². The highest BCUT2D eigenvalue weighted by atomic mass is 32.2. The van der Waals surface area contributed by atoms with Crippen molar-refractivity contribution in [2.75, 3.05) is 0 Å². The molecule has 0 bridgehead atoms. The molecule has 0 spiro atoms. The van der Waals surface area contributed by atoms with E-state index in [1.165, 1.54) is 12.1 Å². The Morgan fingerprint density at radius 1 is 1.18 bits per heavy atom. The monoisotopic (exact) mass is 318 g/mol. The molecule has 5 nitrogen and oxygen atoms in total. The van der Waals surface area contributed by atoms with Gasteiger partial charge in [-0.25, -0.2) is 4.39 Å². The van der Waals surface area contributed by atoms with Crippen LogP contribution in [0.4, 0.5) is 4.39 Å². The third-order valence-corrected chi connectivity index (χ3v) is 4.55. The number of aryl methyl sites for hydroxylation is 1. The van der Waals surface area contributed by atoms with Gasteiger partial charge in [-0.15, -0.1) is 10.2 Å². The number of aromatic nitrogens is 4. The first kappa shape index (κ1) is 14.8. The molecule has 1 aromatic carbocycles. The van der Waals surface area contributed by atoms with E-state index in [9.17, 15) is 4.39 Å². The molecule has 0 fully saturated rings. The van der Waals surface area contributed by atoms with E-state index in [1.54, 1.807) is 23.9 Å². The van der Waals surface area contributed by atoms with Crippen molar-refractivity contribution in [1.29, 1.82) is 0 Å². The first-order valence-corrected chi connectivity index (χ1v) is 7.74. The molecule has 0 N–H and O–H groups in total. The molecule has 3 rings (SSSR count). The highest BCUT2D eigenvalue weighted by molar-refractivity contribution is 7.98. The van der Waals surface area contributed by atoms with E-state index >= 15 is 0 Å². The van der Waals surface area contributed by atoms with Crippen LogP contribution in [0.25, 0.3) is 11.3 Å². The lowest BCUT2D eigenvalue weighted by atomic mass is 10.1. The van der Waals surface area contributed by atoms with Gasteiger partial charge in [0.2, 0.25) is 0 Å². The van der Waals surface area contributed by atoms with Gasteiger partial charge in [-0.2, -0.15) is 0 Å². The van der Waals surface area contributed by atoms with Crippen LogP contribution in [0.15, 0.2) is 33.9 Å². The summed E-state index contributed by atoms with van der Waals surface area (Å²) < 4.78 is 20.3. The summed E-state index contributed by atoms with van der Waals surface area (Å²) in [6.07, 6.45) is 0. The molecular weight excluding hydrogens is 303 g/mol. The molecule has 0 aliphatic heterocycles. The Labute approximate surface area is 131 Å². The van der Waals surface area contributed by atoms with Gasteiger partial charge in [-0.05, 0) is 38.1 Å². The van der Waals surface area contributed by atoms with Gasteiger partial charge >= 0.3 is 0 Å². The molecule has 3 aromatic rings. The zero-order valence-electron chi connectivity index (χ0n) is 12.5. The molecule has 0 amide bonds. The Balaban J connectivity index is 1.79. The minimum absolute atomic E-state index is 0.269. The van der Waals surface area contributed by atoms with Crippen LogP contribution < -0.4 is 0 Å². The number of thioether (sulfide) groups is 1. The fourth-order valence-electron chi connectivity index (χ4n) is 2.02. The van der Waals surface area contributed by atoms with Gasteiger partial charge in [0.25, 0.3) is 0 Å². The second kappa shape index (κ2) is 5.92. The van der Waals surface area contributed by atoms with Gasteiger partial charge in [-0.1, -0.05) is 16.9 Å². The fourth-order valence-corrected chi connectivity index (χ4v) is 2.98. The average Bonchev–Trinajstić information content (AvgIpc) is 3.03. The number of hydrogen-bond acceptors (Lipinski definition) is 5. The lowest BCUT2D eigenvalue weighted by molar-refractivity contribution is 0.426. The molecule has 0 aliphatic carbocycles. The summed E-state index contributed by atoms with van der Waals surface area (Å²) in [6, 6.07) is 6.19. The largest absolute Gasteiger partial charge is 0.356 e. The van der Waals surface area contributed by atoms with E-state index in [-0.39, 0.29) is 5.82 Å². The van der Waals surface area contributed by atoms with Gasteiger partial charge in [-0.3, -0.25) is 0 Å². The summed E-state index contributed by atoms with van der Waals surface area (Å²) in [4.78, 5) is 0. The van der Waals surface area contributed by atoms with Crippen molar-refractivity contribution in [2.45, 2.75) is 24.8 Å². The Morgan fingerprint density at radius 3 is 2.55 bits per heavy atom. The second-order valence-electron chi connectivity index (χ2n) is 4.97. The smallest absolute Gasteiger partial charge is 0.191 e. The first-order chi connectivity index (χ1) is 10.6. The molecule has 0 saturated carbocycles. The summed E-state index contributed by atoms with van der Waals surface area (Å²) in [5.74, 6) is 1.91. The van der Waals surface area contributed by atoms with Crippen molar-refractivity contribution in [3.63, 3.8) is 0 Å². The van der Waals surface area contributed by atoms with Crippen molar-refractivity contribution < 1.29 is 8.91 Å². The highest BCUT2D eigenvalue weighted by Gasteiger charge is 2.15. The fraction of sp³-hybridized carbons (Fsp3) is 0.267. The molecule has 0 atom stereocenters. The first-order valence-electron chi connectivity index (χ1n) is 6.76. The lowest BCUT2D eigenvalue weighted by Crippen LogP contribution is -1.94. The molecular formula is C15H15FN4OS. The molecule has 22 heavy (non-hydrogen) atoms. The Hall–Kier alpha value is -2.15. The summed E-state index contributed by atoms with van der Waals surface area (Å²) in [5, 5.41) is 13.1.